The Morgan fingerprint density at radius 1 is 1.17 bits per heavy atom. The van der Waals surface area contributed by atoms with Crippen molar-refractivity contribution in [3.05, 3.63) is 35.9 Å². The number of aldehydes is 1. The van der Waals surface area contributed by atoms with Gasteiger partial charge in [0.15, 0.2) is 0 Å². The third-order valence-corrected chi connectivity index (χ3v) is 5.57. The first kappa shape index (κ1) is 16.2. The number of likely N-dealkylation sites (tertiary alicyclic amines) is 1. The van der Waals surface area contributed by atoms with Crippen LogP contribution in [0, 0.1) is 11.8 Å². The maximum absolute atomic E-state index is 11.6. The van der Waals surface area contributed by atoms with Gasteiger partial charge in [-0.05, 0) is 24.3 Å². The van der Waals surface area contributed by atoms with Gasteiger partial charge in [-0.1, -0.05) is 43.2 Å². The molecule has 0 amide bonds. The van der Waals surface area contributed by atoms with E-state index in [9.17, 15) is 14.7 Å². The van der Waals surface area contributed by atoms with Crippen molar-refractivity contribution in [3.8, 4) is 0 Å². The molecule has 1 aromatic rings. The summed E-state index contributed by atoms with van der Waals surface area (Å²) in [6.45, 7) is 1.64. The van der Waals surface area contributed by atoms with Gasteiger partial charge < -0.3 is 9.90 Å². The lowest BCUT2D eigenvalue weighted by molar-refractivity contribution is -0.139. The highest BCUT2D eigenvalue weighted by Crippen LogP contribution is 2.38. The van der Waals surface area contributed by atoms with Crippen LogP contribution in [-0.4, -0.2) is 41.4 Å². The zero-order valence-electron chi connectivity index (χ0n) is 13.4. The topological polar surface area (TPSA) is 57.6 Å². The highest BCUT2D eigenvalue weighted by Gasteiger charge is 2.40. The predicted molar refractivity (Wildman–Crippen MR) is 88.3 cm³/mol. The zero-order valence-corrected chi connectivity index (χ0v) is 13.4. The molecule has 1 aliphatic heterocycles. The van der Waals surface area contributed by atoms with E-state index in [0.717, 1.165) is 38.6 Å². The number of carboxylic acid groups (broad SMARTS) is 1. The second-order valence-corrected chi connectivity index (χ2v) is 6.98. The largest absolute Gasteiger partial charge is 0.481 e. The second-order valence-electron chi connectivity index (χ2n) is 6.98. The van der Waals surface area contributed by atoms with Crippen molar-refractivity contribution in [1.82, 2.24) is 4.90 Å². The molecule has 0 radical (unpaired) electrons. The van der Waals surface area contributed by atoms with Gasteiger partial charge in [0.25, 0.3) is 0 Å². The third-order valence-electron chi connectivity index (χ3n) is 5.57. The maximum Gasteiger partial charge on any atom is 0.303 e. The molecule has 0 bridgehead atoms. The molecule has 0 aromatic heterocycles. The van der Waals surface area contributed by atoms with Gasteiger partial charge in [-0.25, -0.2) is 0 Å². The van der Waals surface area contributed by atoms with Crippen molar-refractivity contribution in [2.45, 2.75) is 44.1 Å². The number of aliphatic carboxylic acids is 1. The second kappa shape index (κ2) is 7.26. The van der Waals surface area contributed by atoms with Crippen molar-refractivity contribution >= 4 is 12.3 Å². The van der Waals surface area contributed by atoms with Gasteiger partial charge >= 0.3 is 5.97 Å². The number of nitrogens with zero attached hydrogens (tertiary/aromatic N) is 1. The van der Waals surface area contributed by atoms with E-state index in [1.807, 2.05) is 18.2 Å². The molecule has 3 rings (SSSR count). The van der Waals surface area contributed by atoms with Crippen LogP contribution in [0.3, 0.4) is 0 Å². The number of carboxylic acids is 1. The fraction of sp³-hybridized carbons (Fsp3) is 0.579. The van der Waals surface area contributed by atoms with Crippen LogP contribution in [0.15, 0.2) is 30.3 Å². The van der Waals surface area contributed by atoms with Crippen molar-refractivity contribution in [1.29, 1.82) is 0 Å². The Morgan fingerprint density at radius 2 is 1.91 bits per heavy atom. The van der Waals surface area contributed by atoms with E-state index in [0.29, 0.717) is 6.04 Å². The molecule has 2 aliphatic rings. The van der Waals surface area contributed by atoms with E-state index < -0.39 is 5.97 Å². The molecule has 2 fully saturated rings. The van der Waals surface area contributed by atoms with Crippen molar-refractivity contribution < 1.29 is 14.7 Å². The monoisotopic (exact) mass is 315 g/mol. The van der Waals surface area contributed by atoms with Crippen LogP contribution in [0.1, 0.15) is 43.6 Å². The summed E-state index contributed by atoms with van der Waals surface area (Å²) in [5.74, 6) is -0.221. The summed E-state index contributed by atoms with van der Waals surface area (Å²) in [6, 6.07) is 10.5. The molecule has 1 saturated heterocycles. The Labute approximate surface area is 137 Å². The molecule has 4 nitrogen and oxygen atoms in total. The molecule has 4 atom stereocenters. The molecule has 1 saturated carbocycles. The Kier molecular flexibility index (Phi) is 5.11. The van der Waals surface area contributed by atoms with Gasteiger partial charge in [-0.2, -0.15) is 0 Å². The van der Waals surface area contributed by atoms with E-state index in [-0.39, 0.29) is 24.2 Å². The van der Waals surface area contributed by atoms with Crippen LogP contribution in [0.4, 0.5) is 0 Å². The fourth-order valence-corrected chi connectivity index (χ4v) is 4.45. The van der Waals surface area contributed by atoms with E-state index >= 15 is 0 Å². The third kappa shape index (κ3) is 3.63. The first-order valence-electron chi connectivity index (χ1n) is 8.65. The maximum atomic E-state index is 11.6. The summed E-state index contributed by atoms with van der Waals surface area (Å²) in [5, 5.41) is 9.18. The fourth-order valence-electron chi connectivity index (χ4n) is 4.45. The minimum absolute atomic E-state index is 0.0183. The van der Waals surface area contributed by atoms with Crippen LogP contribution < -0.4 is 0 Å². The van der Waals surface area contributed by atoms with Gasteiger partial charge in [-0.15, -0.1) is 0 Å². The summed E-state index contributed by atoms with van der Waals surface area (Å²) in [7, 11) is 0. The van der Waals surface area contributed by atoms with Crippen molar-refractivity contribution in [2.24, 2.45) is 11.8 Å². The molecule has 1 N–H and O–H groups in total. The van der Waals surface area contributed by atoms with Gasteiger partial charge in [0.2, 0.25) is 0 Å². The van der Waals surface area contributed by atoms with Gasteiger partial charge in [0, 0.05) is 37.4 Å². The van der Waals surface area contributed by atoms with E-state index in [4.69, 9.17) is 0 Å². The number of carbonyl (C=O) groups excluding carboxylic acids is 1. The molecule has 4 heteroatoms. The summed E-state index contributed by atoms with van der Waals surface area (Å²) in [4.78, 5) is 25.1. The Hall–Kier alpha value is -1.68. The molecule has 4 unspecified atom stereocenters. The summed E-state index contributed by atoms with van der Waals surface area (Å²) in [5.41, 5.74) is 1.22. The van der Waals surface area contributed by atoms with Crippen LogP contribution in [0.2, 0.25) is 0 Å². The minimum atomic E-state index is -0.701. The van der Waals surface area contributed by atoms with Crippen LogP contribution in [0.25, 0.3) is 0 Å². The SMILES string of the molecule is O=CC1CN(C2CCCCC2CC(=O)O)CC1c1ccccc1. The molecule has 1 aliphatic carbocycles. The Bertz CT molecular complexity index is 545. The first-order chi connectivity index (χ1) is 11.2. The van der Waals surface area contributed by atoms with Gasteiger partial charge in [-0.3, -0.25) is 9.69 Å². The lowest BCUT2D eigenvalue weighted by Gasteiger charge is -2.37. The normalized spacial score (nSPS) is 31.8. The van der Waals surface area contributed by atoms with E-state index in [1.165, 1.54) is 12.0 Å². The molecule has 124 valence electrons. The zero-order chi connectivity index (χ0) is 16.2. The van der Waals surface area contributed by atoms with E-state index in [2.05, 4.69) is 17.0 Å². The van der Waals surface area contributed by atoms with Gasteiger partial charge in [0.05, 0.1) is 0 Å². The number of carbonyl (C=O) groups is 2. The van der Waals surface area contributed by atoms with Gasteiger partial charge in [0.1, 0.15) is 6.29 Å². The molecular formula is C19H25NO3. The number of benzene rings is 1. The lowest BCUT2D eigenvalue weighted by atomic mass is 9.81. The predicted octanol–water partition coefficient (Wildman–Crippen LogP) is 2.93. The Morgan fingerprint density at radius 3 is 2.61 bits per heavy atom. The highest BCUT2D eigenvalue weighted by atomic mass is 16.4. The molecule has 23 heavy (non-hydrogen) atoms. The van der Waals surface area contributed by atoms with Crippen LogP contribution in [-0.2, 0) is 9.59 Å². The number of hydrogen-bond donors (Lipinski definition) is 1. The number of rotatable bonds is 5. The Balaban J connectivity index is 1.75. The molecule has 1 heterocycles. The summed E-state index contributed by atoms with van der Waals surface area (Å²) < 4.78 is 0. The first-order valence-corrected chi connectivity index (χ1v) is 8.65. The van der Waals surface area contributed by atoms with Crippen LogP contribution >= 0.6 is 0 Å². The standard InChI is InChI=1S/C19H25NO3/c21-13-16-11-20(12-17(16)14-6-2-1-3-7-14)18-9-5-4-8-15(18)10-19(22)23/h1-3,6-7,13,15-18H,4-5,8-12H2,(H,22,23). The van der Waals surface area contributed by atoms with Crippen LogP contribution in [0.5, 0.6) is 0 Å². The molecular weight excluding hydrogens is 290 g/mol. The summed E-state index contributed by atoms with van der Waals surface area (Å²) in [6.07, 6.45) is 5.69. The highest BCUT2D eigenvalue weighted by molar-refractivity contribution is 5.67. The molecule has 0 spiro atoms. The lowest BCUT2D eigenvalue weighted by Crippen LogP contribution is -2.42. The average molecular weight is 315 g/mol. The minimum Gasteiger partial charge on any atom is -0.481 e. The van der Waals surface area contributed by atoms with Crippen molar-refractivity contribution in [2.75, 3.05) is 13.1 Å². The number of hydrogen-bond acceptors (Lipinski definition) is 3. The molecule has 1 aromatic carbocycles. The smallest absolute Gasteiger partial charge is 0.303 e. The summed E-state index contributed by atoms with van der Waals surface area (Å²) >= 11 is 0. The quantitative estimate of drug-likeness (QED) is 0.849. The van der Waals surface area contributed by atoms with E-state index in [1.54, 1.807) is 0 Å². The average Bonchev–Trinajstić information content (AvgIpc) is 3.00. The van der Waals surface area contributed by atoms with Crippen molar-refractivity contribution in [3.63, 3.8) is 0 Å².